The number of hydrogen-bond acceptors (Lipinski definition) is 5. The zero-order valence-electron chi connectivity index (χ0n) is 10.4. The zero-order chi connectivity index (χ0) is 13.1. The normalized spacial score (nSPS) is 13.5. The van der Waals surface area contributed by atoms with Crippen LogP contribution >= 0.6 is 0 Å². The van der Waals surface area contributed by atoms with Gasteiger partial charge in [-0.05, 0) is 20.8 Å². The first-order valence-corrected chi connectivity index (χ1v) is 5.44. The Hall–Kier alpha value is -1.40. The molecular weight excluding hydrogens is 222 g/mol. The molecule has 1 aromatic heterocycles. The molecule has 0 aliphatic heterocycles. The molecule has 1 unspecified atom stereocenters. The molecule has 0 fully saturated rings. The lowest BCUT2D eigenvalue weighted by atomic mass is 10.2. The Kier molecular flexibility index (Phi) is 4.25. The van der Waals surface area contributed by atoms with E-state index in [0.717, 1.165) is 0 Å². The highest BCUT2D eigenvalue weighted by molar-refractivity contribution is 5.70. The van der Waals surface area contributed by atoms with E-state index >= 15 is 0 Å². The molecule has 0 bridgehead atoms. The van der Waals surface area contributed by atoms with Crippen molar-refractivity contribution in [3.05, 3.63) is 18.2 Å². The Morgan fingerprint density at radius 1 is 1.65 bits per heavy atom. The first kappa shape index (κ1) is 13.7. The van der Waals surface area contributed by atoms with Gasteiger partial charge < -0.3 is 15.6 Å². The number of carbonyl (C=O) groups is 1. The predicted octanol–water partition coefficient (Wildman–Crippen LogP) is 0.528. The van der Waals surface area contributed by atoms with Gasteiger partial charge in [-0.3, -0.25) is 0 Å². The summed E-state index contributed by atoms with van der Waals surface area (Å²) in [4.78, 5) is 15.7. The molecule has 1 rings (SSSR count). The van der Waals surface area contributed by atoms with E-state index in [1.807, 2.05) is 0 Å². The van der Waals surface area contributed by atoms with Crippen LogP contribution in [0.3, 0.4) is 0 Å². The average Bonchev–Trinajstić information content (AvgIpc) is 2.63. The molecule has 0 amide bonds. The van der Waals surface area contributed by atoms with Crippen LogP contribution in [0.4, 0.5) is 4.79 Å². The number of aliphatic hydroxyl groups excluding tert-OH is 1. The van der Waals surface area contributed by atoms with Crippen LogP contribution in [0.2, 0.25) is 0 Å². The summed E-state index contributed by atoms with van der Waals surface area (Å²) in [5.74, 6) is 0. The molecule has 1 atom stereocenters. The van der Waals surface area contributed by atoms with Gasteiger partial charge in [-0.2, -0.15) is 0 Å². The maximum Gasteiger partial charge on any atom is 0.419 e. The molecule has 6 heteroatoms. The van der Waals surface area contributed by atoms with Gasteiger partial charge in [0, 0.05) is 18.7 Å². The number of imidazole rings is 1. The van der Waals surface area contributed by atoms with Gasteiger partial charge in [0.15, 0.2) is 0 Å². The van der Waals surface area contributed by atoms with Crippen LogP contribution in [0.15, 0.2) is 12.5 Å². The highest BCUT2D eigenvalue weighted by Gasteiger charge is 2.18. The van der Waals surface area contributed by atoms with Gasteiger partial charge in [0.05, 0.1) is 12.3 Å². The fourth-order valence-electron chi connectivity index (χ4n) is 1.22. The summed E-state index contributed by atoms with van der Waals surface area (Å²) in [7, 11) is 0. The third kappa shape index (κ3) is 4.54. The summed E-state index contributed by atoms with van der Waals surface area (Å²) >= 11 is 0. The van der Waals surface area contributed by atoms with Gasteiger partial charge in [-0.1, -0.05) is 0 Å². The Labute approximate surface area is 100 Å². The van der Waals surface area contributed by atoms with E-state index in [1.54, 1.807) is 27.0 Å². The monoisotopic (exact) mass is 241 g/mol. The second-order valence-corrected chi connectivity index (χ2v) is 4.90. The molecule has 6 nitrogen and oxygen atoms in total. The molecule has 0 aromatic carbocycles. The lowest BCUT2D eigenvalue weighted by molar-refractivity contribution is 0.0536. The van der Waals surface area contributed by atoms with E-state index in [-0.39, 0.29) is 12.6 Å². The second kappa shape index (κ2) is 5.29. The number of rotatable bonds is 3. The molecule has 96 valence electrons. The average molecular weight is 241 g/mol. The number of ether oxygens (including phenoxy) is 1. The number of carbonyl (C=O) groups excluding carboxylic acids is 1. The summed E-state index contributed by atoms with van der Waals surface area (Å²) in [6.45, 7) is 5.28. The Bertz CT molecular complexity index is 382. The molecule has 17 heavy (non-hydrogen) atoms. The van der Waals surface area contributed by atoms with E-state index in [2.05, 4.69) is 4.98 Å². The van der Waals surface area contributed by atoms with Gasteiger partial charge in [0.2, 0.25) is 0 Å². The zero-order valence-corrected chi connectivity index (χ0v) is 10.4. The minimum Gasteiger partial charge on any atom is -0.443 e. The van der Waals surface area contributed by atoms with Crippen molar-refractivity contribution in [3.63, 3.8) is 0 Å². The number of aliphatic hydroxyl groups is 1. The van der Waals surface area contributed by atoms with Crippen molar-refractivity contribution < 1.29 is 14.6 Å². The molecule has 1 aromatic rings. The molecule has 0 saturated carbocycles. The topological polar surface area (TPSA) is 90.4 Å². The summed E-state index contributed by atoms with van der Waals surface area (Å²) in [5, 5.41) is 8.81. The largest absolute Gasteiger partial charge is 0.443 e. The van der Waals surface area contributed by atoms with Gasteiger partial charge in [0.1, 0.15) is 11.9 Å². The minimum atomic E-state index is -0.539. The van der Waals surface area contributed by atoms with E-state index < -0.39 is 11.7 Å². The number of hydrogen-bond donors (Lipinski definition) is 2. The third-order valence-electron chi connectivity index (χ3n) is 1.95. The number of nitrogens with zero attached hydrogens (tertiary/aromatic N) is 2. The molecule has 0 saturated heterocycles. The maximum absolute atomic E-state index is 11.6. The minimum absolute atomic E-state index is 0.112. The van der Waals surface area contributed by atoms with Gasteiger partial charge in [0.25, 0.3) is 0 Å². The van der Waals surface area contributed by atoms with E-state index in [0.29, 0.717) is 12.1 Å². The molecule has 1 heterocycles. The Morgan fingerprint density at radius 2 is 2.29 bits per heavy atom. The molecule has 0 aliphatic carbocycles. The summed E-state index contributed by atoms with van der Waals surface area (Å²) in [5.41, 5.74) is 5.69. The molecule has 0 aliphatic rings. The SMILES string of the molecule is CC(C)(C)OC(=O)n1cnc(CC(N)CO)c1. The second-order valence-electron chi connectivity index (χ2n) is 4.90. The number of aromatic nitrogens is 2. The van der Waals surface area contributed by atoms with Crippen molar-refractivity contribution in [2.75, 3.05) is 6.61 Å². The first-order chi connectivity index (χ1) is 7.81. The van der Waals surface area contributed by atoms with E-state index in [1.165, 1.54) is 10.9 Å². The van der Waals surface area contributed by atoms with Gasteiger partial charge in [-0.15, -0.1) is 0 Å². The Balaban J connectivity index is 2.65. The van der Waals surface area contributed by atoms with Crippen LogP contribution in [0, 0.1) is 0 Å². The predicted molar refractivity (Wildman–Crippen MR) is 62.6 cm³/mol. The van der Waals surface area contributed by atoms with Crippen LogP contribution in [0.5, 0.6) is 0 Å². The molecule has 3 N–H and O–H groups in total. The van der Waals surface area contributed by atoms with Crippen molar-refractivity contribution in [1.82, 2.24) is 9.55 Å². The van der Waals surface area contributed by atoms with Gasteiger partial charge in [-0.25, -0.2) is 14.3 Å². The first-order valence-electron chi connectivity index (χ1n) is 5.44. The highest BCUT2D eigenvalue weighted by atomic mass is 16.6. The highest BCUT2D eigenvalue weighted by Crippen LogP contribution is 2.09. The molecule has 0 spiro atoms. The summed E-state index contributed by atoms with van der Waals surface area (Å²) in [6, 6.07) is -0.364. The van der Waals surface area contributed by atoms with Gasteiger partial charge >= 0.3 is 6.09 Å². The summed E-state index contributed by atoms with van der Waals surface area (Å²) in [6.07, 6.45) is 2.89. The molecular formula is C11H19N3O3. The van der Waals surface area contributed by atoms with Crippen LogP contribution in [0.1, 0.15) is 26.5 Å². The Morgan fingerprint density at radius 3 is 2.82 bits per heavy atom. The van der Waals surface area contributed by atoms with Crippen LogP contribution in [-0.2, 0) is 11.2 Å². The quantitative estimate of drug-likeness (QED) is 0.805. The fraction of sp³-hybridized carbons (Fsp3) is 0.636. The van der Waals surface area contributed by atoms with Crippen molar-refractivity contribution in [2.45, 2.75) is 38.8 Å². The fourth-order valence-corrected chi connectivity index (χ4v) is 1.22. The maximum atomic E-state index is 11.6. The van der Waals surface area contributed by atoms with E-state index in [4.69, 9.17) is 15.6 Å². The van der Waals surface area contributed by atoms with Crippen molar-refractivity contribution in [1.29, 1.82) is 0 Å². The smallest absolute Gasteiger partial charge is 0.419 e. The van der Waals surface area contributed by atoms with Crippen LogP contribution in [-0.4, -0.2) is 39.0 Å². The van der Waals surface area contributed by atoms with Crippen molar-refractivity contribution in [3.8, 4) is 0 Å². The third-order valence-corrected chi connectivity index (χ3v) is 1.95. The lowest BCUT2D eigenvalue weighted by Crippen LogP contribution is -2.27. The van der Waals surface area contributed by atoms with Crippen LogP contribution in [0.25, 0.3) is 0 Å². The van der Waals surface area contributed by atoms with E-state index in [9.17, 15) is 4.79 Å². The lowest BCUT2D eigenvalue weighted by Gasteiger charge is -2.19. The van der Waals surface area contributed by atoms with Crippen molar-refractivity contribution >= 4 is 6.09 Å². The standard InChI is InChI=1S/C11H19N3O3/c1-11(2,3)17-10(16)14-5-9(13-7-14)4-8(12)6-15/h5,7-8,15H,4,6,12H2,1-3H3. The molecule has 0 radical (unpaired) electrons. The van der Waals surface area contributed by atoms with Crippen LogP contribution < -0.4 is 5.73 Å². The van der Waals surface area contributed by atoms with Crippen molar-refractivity contribution in [2.24, 2.45) is 5.73 Å². The number of nitrogens with two attached hydrogens (primary N) is 1. The summed E-state index contributed by atoms with van der Waals surface area (Å²) < 4.78 is 6.44.